The highest BCUT2D eigenvalue weighted by atomic mass is 127. The van der Waals surface area contributed by atoms with Gasteiger partial charge in [0.15, 0.2) is 0 Å². The molecule has 1 aromatic rings. The molecule has 0 amide bonds. The normalized spacial score (nSPS) is 28.6. The Hall–Kier alpha value is -0.430. The molecule has 0 spiro atoms. The van der Waals surface area contributed by atoms with Crippen LogP contribution in [0, 0.1) is 9.49 Å². The van der Waals surface area contributed by atoms with Gasteiger partial charge in [0.1, 0.15) is 12.1 Å². The summed E-state index contributed by atoms with van der Waals surface area (Å²) >= 11 is 2.34. The quantitative estimate of drug-likeness (QED) is 0.822. The van der Waals surface area contributed by atoms with Gasteiger partial charge in [0, 0.05) is 25.3 Å². The fraction of sp³-hybridized carbons (Fsp3) is 0.692. The molecule has 1 N–H and O–H groups in total. The molecule has 2 saturated heterocycles. The summed E-state index contributed by atoms with van der Waals surface area (Å²) in [5.74, 6) is 1.90. The third-order valence-corrected chi connectivity index (χ3v) is 4.83. The summed E-state index contributed by atoms with van der Waals surface area (Å²) < 4.78 is 1.16. The smallest absolute Gasteiger partial charge is 0.145 e. The molecule has 0 radical (unpaired) electrons. The lowest BCUT2D eigenvalue weighted by atomic mass is 9.90. The number of halogens is 1. The van der Waals surface area contributed by atoms with E-state index in [1.807, 2.05) is 6.20 Å². The zero-order chi connectivity index (χ0) is 12.4. The average Bonchev–Trinajstić information content (AvgIpc) is 2.93. The fourth-order valence-corrected chi connectivity index (χ4v) is 3.82. The Kier molecular flexibility index (Phi) is 3.98. The number of nitrogens with one attached hydrogen (secondary N) is 1. The summed E-state index contributed by atoms with van der Waals surface area (Å²) in [6, 6.07) is 0.729. The molecule has 3 rings (SSSR count). The van der Waals surface area contributed by atoms with Crippen LogP contribution in [0.1, 0.15) is 25.7 Å². The minimum Gasteiger partial charge on any atom is -0.355 e. The van der Waals surface area contributed by atoms with Crippen LogP contribution in [-0.2, 0) is 0 Å². The van der Waals surface area contributed by atoms with Gasteiger partial charge in [-0.2, -0.15) is 0 Å². The van der Waals surface area contributed by atoms with Crippen molar-refractivity contribution >= 4 is 28.4 Å². The van der Waals surface area contributed by atoms with Gasteiger partial charge in [-0.25, -0.2) is 9.97 Å². The van der Waals surface area contributed by atoms with Crippen molar-refractivity contribution in [1.82, 2.24) is 15.3 Å². The second-order valence-corrected chi connectivity index (χ2v) is 6.41. The molecule has 2 fully saturated rings. The standard InChI is InChI=1S/C13H19IN4/c14-11-7-15-9-17-13(11)18-6-2-3-10(8-18)12-4-1-5-16-12/h7,9-10,12,16H,1-6,8H2. The molecule has 5 heteroatoms. The minimum atomic E-state index is 0.729. The van der Waals surface area contributed by atoms with E-state index in [1.165, 1.54) is 32.2 Å². The Balaban J connectivity index is 1.72. The van der Waals surface area contributed by atoms with E-state index in [4.69, 9.17) is 0 Å². The van der Waals surface area contributed by atoms with Crippen molar-refractivity contribution in [2.75, 3.05) is 24.5 Å². The molecule has 2 aliphatic rings. The van der Waals surface area contributed by atoms with Crippen LogP contribution in [-0.4, -0.2) is 35.6 Å². The zero-order valence-electron chi connectivity index (χ0n) is 10.5. The molecule has 0 bridgehead atoms. The highest BCUT2D eigenvalue weighted by molar-refractivity contribution is 14.1. The van der Waals surface area contributed by atoms with Crippen molar-refractivity contribution in [3.8, 4) is 0 Å². The SMILES string of the molecule is Ic1cncnc1N1CCCC(C2CCCN2)C1. The molecular weight excluding hydrogens is 339 g/mol. The molecule has 2 aliphatic heterocycles. The number of hydrogen-bond donors (Lipinski definition) is 1. The molecule has 18 heavy (non-hydrogen) atoms. The number of piperidine rings is 1. The van der Waals surface area contributed by atoms with Crippen LogP contribution in [0.2, 0.25) is 0 Å². The van der Waals surface area contributed by atoms with Crippen molar-refractivity contribution in [3.05, 3.63) is 16.1 Å². The van der Waals surface area contributed by atoms with Gasteiger partial charge in [0.2, 0.25) is 0 Å². The summed E-state index contributed by atoms with van der Waals surface area (Å²) in [5.41, 5.74) is 0. The van der Waals surface area contributed by atoms with Crippen LogP contribution < -0.4 is 10.2 Å². The van der Waals surface area contributed by atoms with Crippen LogP contribution in [0.5, 0.6) is 0 Å². The van der Waals surface area contributed by atoms with Crippen molar-refractivity contribution in [2.24, 2.45) is 5.92 Å². The molecule has 0 aromatic carbocycles. The van der Waals surface area contributed by atoms with Crippen LogP contribution in [0.3, 0.4) is 0 Å². The van der Waals surface area contributed by atoms with E-state index in [9.17, 15) is 0 Å². The van der Waals surface area contributed by atoms with Gasteiger partial charge in [-0.1, -0.05) is 0 Å². The van der Waals surface area contributed by atoms with Gasteiger partial charge in [0.25, 0.3) is 0 Å². The second-order valence-electron chi connectivity index (χ2n) is 5.25. The lowest BCUT2D eigenvalue weighted by Gasteiger charge is -2.36. The predicted molar refractivity (Wildman–Crippen MR) is 80.7 cm³/mol. The highest BCUT2D eigenvalue weighted by Gasteiger charge is 2.29. The molecule has 3 heterocycles. The van der Waals surface area contributed by atoms with Crippen molar-refractivity contribution in [2.45, 2.75) is 31.7 Å². The van der Waals surface area contributed by atoms with Gasteiger partial charge in [0.05, 0.1) is 3.57 Å². The zero-order valence-corrected chi connectivity index (χ0v) is 12.6. The van der Waals surface area contributed by atoms with Crippen LogP contribution in [0.25, 0.3) is 0 Å². The van der Waals surface area contributed by atoms with E-state index in [0.29, 0.717) is 0 Å². The number of rotatable bonds is 2. The largest absolute Gasteiger partial charge is 0.355 e. The maximum atomic E-state index is 4.45. The first-order chi connectivity index (χ1) is 8.84. The third-order valence-electron chi connectivity index (χ3n) is 4.07. The van der Waals surface area contributed by atoms with E-state index in [2.05, 4.69) is 42.8 Å². The first-order valence-corrected chi connectivity index (χ1v) is 7.86. The van der Waals surface area contributed by atoms with E-state index < -0.39 is 0 Å². The monoisotopic (exact) mass is 358 g/mol. The Morgan fingerprint density at radius 3 is 3.06 bits per heavy atom. The number of hydrogen-bond acceptors (Lipinski definition) is 4. The lowest BCUT2D eigenvalue weighted by Crippen LogP contribution is -2.44. The van der Waals surface area contributed by atoms with Crippen LogP contribution in [0.4, 0.5) is 5.82 Å². The van der Waals surface area contributed by atoms with Crippen molar-refractivity contribution in [1.29, 1.82) is 0 Å². The summed E-state index contributed by atoms with van der Waals surface area (Å²) in [6.07, 6.45) is 8.89. The van der Waals surface area contributed by atoms with E-state index in [0.717, 1.165) is 34.4 Å². The number of anilines is 1. The summed E-state index contributed by atoms with van der Waals surface area (Å²) in [5, 5.41) is 3.65. The average molecular weight is 358 g/mol. The van der Waals surface area contributed by atoms with Crippen molar-refractivity contribution < 1.29 is 0 Å². The third kappa shape index (κ3) is 2.61. The summed E-state index contributed by atoms with van der Waals surface area (Å²) in [4.78, 5) is 11.0. The first kappa shape index (κ1) is 12.6. The molecule has 2 atom stereocenters. The molecule has 98 valence electrons. The predicted octanol–water partition coefficient (Wildman–Crippen LogP) is 2.05. The Bertz CT molecular complexity index is 406. The number of aromatic nitrogens is 2. The van der Waals surface area contributed by atoms with E-state index >= 15 is 0 Å². The molecular formula is C13H19IN4. The summed E-state index contributed by atoms with van der Waals surface area (Å²) in [6.45, 7) is 3.48. The van der Waals surface area contributed by atoms with Crippen LogP contribution in [0.15, 0.2) is 12.5 Å². The second kappa shape index (κ2) is 5.69. The maximum absolute atomic E-state index is 4.45. The molecule has 2 unspecified atom stereocenters. The Morgan fingerprint density at radius 2 is 2.28 bits per heavy atom. The fourth-order valence-electron chi connectivity index (χ4n) is 3.18. The Morgan fingerprint density at radius 1 is 1.33 bits per heavy atom. The van der Waals surface area contributed by atoms with Crippen LogP contribution >= 0.6 is 22.6 Å². The van der Waals surface area contributed by atoms with E-state index in [-0.39, 0.29) is 0 Å². The number of nitrogens with zero attached hydrogens (tertiary/aromatic N) is 3. The van der Waals surface area contributed by atoms with Gasteiger partial charge >= 0.3 is 0 Å². The van der Waals surface area contributed by atoms with Gasteiger partial charge < -0.3 is 10.2 Å². The van der Waals surface area contributed by atoms with Crippen molar-refractivity contribution in [3.63, 3.8) is 0 Å². The maximum Gasteiger partial charge on any atom is 0.145 e. The van der Waals surface area contributed by atoms with Gasteiger partial charge in [-0.15, -0.1) is 0 Å². The van der Waals surface area contributed by atoms with E-state index in [1.54, 1.807) is 6.33 Å². The molecule has 1 aromatic heterocycles. The van der Waals surface area contributed by atoms with Gasteiger partial charge in [-0.05, 0) is 60.7 Å². The first-order valence-electron chi connectivity index (χ1n) is 6.78. The molecule has 0 aliphatic carbocycles. The Labute approximate surface area is 122 Å². The highest BCUT2D eigenvalue weighted by Crippen LogP contribution is 2.28. The minimum absolute atomic E-state index is 0.729. The molecule has 0 saturated carbocycles. The summed E-state index contributed by atoms with van der Waals surface area (Å²) in [7, 11) is 0. The van der Waals surface area contributed by atoms with Gasteiger partial charge in [-0.3, -0.25) is 0 Å². The molecule has 4 nitrogen and oxygen atoms in total. The topological polar surface area (TPSA) is 41.1 Å². The lowest BCUT2D eigenvalue weighted by molar-refractivity contribution is 0.327.